The highest BCUT2D eigenvalue weighted by atomic mass is 32.2. The lowest BCUT2D eigenvalue weighted by atomic mass is 10.1. The van der Waals surface area contributed by atoms with Gasteiger partial charge in [0.2, 0.25) is 10.0 Å². The van der Waals surface area contributed by atoms with Crippen LogP contribution in [0, 0.1) is 5.92 Å². The number of ether oxygens (including phenoxy) is 1. The third-order valence-corrected chi connectivity index (χ3v) is 5.48. The van der Waals surface area contributed by atoms with E-state index in [0.717, 1.165) is 0 Å². The summed E-state index contributed by atoms with van der Waals surface area (Å²) in [5.74, 6) is 0.211. The maximum absolute atomic E-state index is 12.9. The van der Waals surface area contributed by atoms with Gasteiger partial charge in [-0.15, -0.1) is 0 Å². The van der Waals surface area contributed by atoms with Crippen molar-refractivity contribution in [1.82, 2.24) is 4.31 Å². The first kappa shape index (κ1) is 19.5. The molecule has 0 amide bonds. The van der Waals surface area contributed by atoms with E-state index in [1.54, 1.807) is 38.1 Å². The average Bonchev–Trinajstić information content (AvgIpc) is 2.51. The molecule has 0 aromatic heterocycles. The number of alkyl halides is 3. The Morgan fingerprint density at radius 3 is 2.20 bits per heavy atom. The van der Waals surface area contributed by atoms with E-state index < -0.39 is 22.7 Å². The second kappa shape index (κ2) is 7.21. The maximum atomic E-state index is 12.9. The number of fused-ring (bicyclic) bond motifs is 1. The van der Waals surface area contributed by atoms with E-state index in [9.17, 15) is 21.6 Å². The van der Waals surface area contributed by atoms with Crippen LogP contribution < -0.4 is 4.74 Å². The van der Waals surface area contributed by atoms with E-state index in [2.05, 4.69) is 0 Å². The summed E-state index contributed by atoms with van der Waals surface area (Å²) in [4.78, 5) is -0.159. The molecule has 0 saturated carbocycles. The number of sulfonamides is 1. The topological polar surface area (TPSA) is 46.6 Å². The van der Waals surface area contributed by atoms with Crippen LogP contribution in [0.3, 0.4) is 0 Å². The second-order valence-electron chi connectivity index (χ2n) is 6.12. The molecule has 0 bridgehead atoms. The SMILES string of the molecule is COc1ccc(S(=O)(=O)N(CC(C)C)CC(F)(F)F)c2ccccc12. The van der Waals surface area contributed by atoms with Crippen LogP contribution in [0.1, 0.15) is 13.8 Å². The van der Waals surface area contributed by atoms with Crippen LogP contribution in [0.4, 0.5) is 13.2 Å². The molecular weight excluding hydrogens is 355 g/mol. The van der Waals surface area contributed by atoms with Gasteiger partial charge in [-0.1, -0.05) is 38.1 Å². The van der Waals surface area contributed by atoms with Gasteiger partial charge in [-0.2, -0.15) is 17.5 Å². The van der Waals surface area contributed by atoms with Crippen molar-refractivity contribution < 1.29 is 26.3 Å². The Labute approximate surface area is 145 Å². The van der Waals surface area contributed by atoms with E-state index >= 15 is 0 Å². The van der Waals surface area contributed by atoms with E-state index in [0.29, 0.717) is 20.8 Å². The highest BCUT2D eigenvalue weighted by Gasteiger charge is 2.38. The van der Waals surface area contributed by atoms with Crippen LogP contribution in [0.2, 0.25) is 0 Å². The first-order chi connectivity index (χ1) is 11.6. The molecule has 0 atom stereocenters. The number of hydrogen-bond acceptors (Lipinski definition) is 3. The highest BCUT2D eigenvalue weighted by Crippen LogP contribution is 2.33. The predicted molar refractivity (Wildman–Crippen MR) is 90.2 cm³/mol. The number of methoxy groups -OCH3 is 1. The van der Waals surface area contributed by atoms with Crippen molar-refractivity contribution in [3.63, 3.8) is 0 Å². The van der Waals surface area contributed by atoms with Gasteiger partial charge in [-0.3, -0.25) is 0 Å². The van der Waals surface area contributed by atoms with Gasteiger partial charge < -0.3 is 4.74 Å². The molecule has 2 rings (SSSR count). The minimum Gasteiger partial charge on any atom is -0.496 e. The summed E-state index contributed by atoms with van der Waals surface area (Å²) in [5, 5.41) is 0.861. The van der Waals surface area contributed by atoms with Gasteiger partial charge in [0.05, 0.1) is 12.0 Å². The molecule has 2 aromatic carbocycles. The molecule has 0 saturated heterocycles. The first-order valence-corrected chi connectivity index (χ1v) is 9.13. The fourth-order valence-electron chi connectivity index (χ4n) is 2.64. The van der Waals surface area contributed by atoms with Crippen LogP contribution in [0.25, 0.3) is 10.8 Å². The van der Waals surface area contributed by atoms with Crippen LogP contribution >= 0.6 is 0 Å². The van der Waals surface area contributed by atoms with Gasteiger partial charge in [-0.25, -0.2) is 8.42 Å². The summed E-state index contributed by atoms with van der Waals surface area (Å²) in [6.45, 7) is 1.60. The molecule has 0 aliphatic heterocycles. The normalized spacial score (nSPS) is 13.0. The lowest BCUT2D eigenvalue weighted by Crippen LogP contribution is -2.41. The van der Waals surface area contributed by atoms with Gasteiger partial charge in [0.15, 0.2) is 0 Å². The Morgan fingerprint density at radius 2 is 1.68 bits per heavy atom. The largest absolute Gasteiger partial charge is 0.496 e. The predicted octanol–water partition coefficient (Wildman–Crippen LogP) is 4.06. The van der Waals surface area contributed by atoms with Crippen molar-refractivity contribution >= 4 is 20.8 Å². The van der Waals surface area contributed by atoms with Crippen molar-refractivity contribution in [3.8, 4) is 5.75 Å². The summed E-state index contributed by atoms with van der Waals surface area (Å²) in [7, 11) is -2.87. The minimum atomic E-state index is -4.62. The van der Waals surface area contributed by atoms with Crippen molar-refractivity contribution in [2.75, 3.05) is 20.2 Å². The summed E-state index contributed by atoms with van der Waals surface area (Å²) in [6, 6.07) is 9.33. The number of hydrogen-bond donors (Lipinski definition) is 0. The smallest absolute Gasteiger partial charge is 0.402 e. The monoisotopic (exact) mass is 375 g/mol. The lowest BCUT2D eigenvalue weighted by molar-refractivity contribution is -0.136. The van der Waals surface area contributed by atoms with Crippen LogP contribution in [-0.4, -0.2) is 39.1 Å². The van der Waals surface area contributed by atoms with Gasteiger partial charge in [0, 0.05) is 17.3 Å². The van der Waals surface area contributed by atoms with Gasteiger partial charge in [0.1, 0.15) is 12.3 Å². The summed E-state index contributed by atoms with van der Waals surface area (Å²) >= 11 is 0. The molecule has 0 N–H and O–H groups in total. The Hall–Kier alpha value is -1.80. The summed E-state index contributed by atoms with van der Waals surface area (Å²) < 4.78 is 70.3. The third kappa shape index (κ3) is 4.43. The number of rotatable bonds is 6. The third-order valence-electron chi connectivity index (χ3n) is 3.61. The van der Waals surface area contributed by atoms with Crippen LogP contribution in [0.5, 0.6) is 5.75 Å². The van der Waals surface area contributed by atoms with Gasteiger partial charge in [0.25, 0.3) is 0 Å². The van der Waals surface area contributed by atoms with Gasteiger partial charge in [-0.05, 0) is 18.1 Å². The Morgan fingerprint density at radius 1 is 1.08 bits per heavy atom. The molecule has 0 aliphatic rings. The highest BCUT2D eigenvalue weighted by molar-refractivity contribution is 7.89. The Kier molecular flexibility index (Phi) is 5.63. The van der Waals surface area contributed by atoms with E-state index in [-0.39, 0.29) is 17.4 Å². The van der Waals surface area contributed by atoms with E-state index in [1.165, 1.54) is 19.2 Å². The molecule has 0 spiro atoms. The molecule has 8 heteroatoms. The molecule has 4 nitrogen and oxygen atoms in total. The zero-order valence-electron chi connectivity index (χ0n) is 14.2. The fourth-order valence-corrected chi connectivity index (χ4v) is 4.43. The molecule has 0 unspecified atom stereocenters. The van der Waals surface area contributed by atoms with Crippen LogP contribution in [-0.2, 0) is 10.0 Å². The molecule has 0 aliphatic carbocycles. The molecule has 2 aromatic rings. The molecule has 138 valence electrons. The molecular formula is C17H20F3NO3S. The zero-order valence-corrected chi connectivity index (χ0v) is 15.0. The summed E-state index contributed by atoms with van der Waals surface area (Å²) in [6.07, 6.45) is -4.62. The molecule has 0 heterocycles. The van der Waals surface area contributed by atoms with Crippen molar-refractivity contribution in [3.05, 3.63) is 36.4 Å². The van der Waals surface area contributed by atoms with Crippen LogP contribution in [0.15, 0.2) is 41.3 Å². The standard InChI is InChI=1S/C17H20F3NO3S/c1-12(2)10-21(11-17(18,19)20)25(22,23)16-9-8-15(24-3)13-6-4-5-7-14(13)16/h4-9,12H,10-11H2,1-3H3. The van der Waals surface area contributed by atoms with Crippen molar-refractivity contribution in [2.24, 2.45) is 5.92 Å². The maximum Gasteiger partial charge on any atom is 0.402 e. The number of nitrogens with zero attached hydrogens (tertiary/aromatic N) is 1. The van der Waals surface area contributed by atoms with E-state index in [4.69, 9.17) is 4.74 Å². The van der Waals surface area contributed by atoms with Gasteiger partial charge >= 0.3 is 6.18 Å². The Bertz CT molecular complexity index is 848. The number of benzene rings is 2. The first-order valence-electron chi connectivity index (χ1n) is 7.69. The average molecular weight is 375 g/mol. The minimum absolute atomic E-state index is 0.159. The molecule has 25 heavy (non-hydrogen) atoms. The molecule has 0 radical (unpaired) electrons. The van der Waals surface area contributed by atoms with Crippen molar-refractivity contribution in [1.29, 1.82) is 0 Å². The summed E-state index contributed by atoms with van der Waals surface area (Å²) in [5.41, 5.74) is 0. The number of halogens is 3. The second-order valence-corrected chi connectivity index (χ2v) is 8.02. The Balaban J connectivity index is 2.62. The molecule has 0 fully saturated rings. The fraction of sp³-hybridized carbons (Fsp3) is 0.412. The zero-order chi connectivity index (χ0) is 18.8. The quantitative estimate of drug-likeness (QED) is 0.765. The lowest BCUT2D eigenvalue weighted by Gasteiger charge is -2.25. The van der Waals surface area contributed by atoms with Crippen molar-refractivity contribution in [2.45, 2.75) is 24.9 Å². The van der Waals surface area contributed by atoms with E-state index in [1.807, 2.05) is 0 Å².